The number of hydrogen-bond donors (Lipinski definition) is 0. The SMILES string of the molecule is CC(C)(C)C(P)(c1ccccc1)c1ccccc1. The van der Waals surface area contributed by atoms with Crippen molar-refractivity contribution in [2.75, 3.05) is 0 Å². The monoisotopic (exact) mass is 256 g/mol. The highest BCUT2D eigenvalue weighted by atomic mass is 31.0. The average Bonchev–Trinajstić information content (AvgIpc) is 2.38. The first kappa shape index (κ1) is 13.3. The van der Waals surface area contributed by atoms with E-state index in [1.165, 1.54) is 11.1 Å². The molecular formula is C17H21P. The maximum atomic E-state index is 3.09. The summed E-state index contributed by atoms with van der Waals surface area (Å²) in [4.78, 5) is 0. The fourth-order valence-corrected chi connectivity index (χ4v) is 2.82. The zero-order chi connectivity index (χ0) is 13.2. The van der Waals surface area contributed by atoms with Gasteiger partial charge in [0.05, 0.1) is 0 Å². The molecule has 94 valence electrons. The molecule has 1 atom stereocenters. The molecule has 0 aliphatic carbocycles. The van der Waals surface area contributed by atoms with Crippen LogP contribution in [-0.2, 0) is 5.16 Å². The number of hydrogen-bond acceptors (Lipinski definition) is 0. The van der Waals surface area contributed by atoms with Gasteiger partial charge in [0.15, 0.2) is 0 Å². The summed E-state index contributed by atoms with van der Waals surface area (Å²) in [6.07, 6.45) is 0. The minimum atomic E-state index is -0.0600. The van der Waals surface area contributed by atoms with Gasteiger partial charge in [-0.2, -0.15) is 0 Å². The minimum Gasteiger partial charge on any atom is -0.121 e. The van der Waals surface area contributed by atoms with Crippen LogP contribution in [0.25, 0.3) is 0 Å². The van der Waals surface area contributed by atoms with E-state index in [1.807, 2.05) is 0 Å². The molecule has 0 amide bonds. The third-order valence-electron chi connectivity index (χ3n) is 3.64. The Bertz CT molecular complexity index is 455. The van der Waals surface area contributed by atoms with E-state index < -0.39 is 0 Å². The molecule has 0 saturated carbocycles. The van der Waals surface area contributed by atoms with Gasteiger partial charge >= 0.3 is 0 Å². The number of benzene rings is 2. The average molecular weight is 256 g/mol. The van der Waals surface area contributed by atoms with Crippen molar-refractivity contribution in [3.8, 4) is 0 Å². The Morgan fingerprint density at radius 2 is 1.00 bits per heavy atom. The zero-order valence-corrected chi connectivity index (χ0v) is 12.5. The highest BCUT2D eigenvalue weighted by Gasteiger charge is 2.40. The lowest BCUT2D eigenvalue weighted by molar-refractivity contribution is 0.324. The Labute approximate surface area is 113 Å². The molecule has 0 N–H and O–H groups in total. The first-order valence-corrected chi connectivity index (χ1v) is 6.94. The summed E-state index contributed by atoms with van der Waals surface area (Å²) in [6.45, 7) is 6.88. The van der Waals surface area contributed by atoms with E-state index >= 15 is 0 Å². The number of rotatable bonds is 2. The summed E-state index contributed by atoms with van der Waals surface area (Å²) in [6, 6.07) is 21.5. The molecular weight excluding hydrogens is 235 g/mol. The smallest absolute Gasteiger partial charge is 0.0392 e. The maximum absolute atomic E-state index is 3.09. The fourth-order valence-electron chi connectivity index (χ4n) is 2.43. The molecule has 0 aliphatic rings. The lowest BCUT2D eigenvalue weighted by atomic mass is 9.71. The van der Waals surface area contributed by atoms with Crippen molar-refractivity contribution < 1.29 is 0 Å². The van der Waals surface area contributed by atoms with Crippen molar-refractivity contribution in [2.45, 2.75) is 25.9 Å². The van der Waals surface area contributed by atoms with Gasteiger partial charge in [-0.3, -0.25) is 0 Å². The van der Waals surface area contributed by atoms with Crippen LogP contribution in [0.3, 0.4) is 0 Å². The highest BCUT2D eigenvalue weighted by Crippen LogP contribution is 2.51. The molecule has 0 nitrogen and oxygen atoms in total. The first-order valence-electron chi connectivity index (χ1n) is 6.36. The molecule has 0 aromatic heterocycles. The van der Waals surface area contributed by atoms with Gasteiger partial charge in [0, 0.05) is 5.16 Å². The zero-order valence-electron chi connectivity index (χ0n) is 11.4. The van der Waals surface area contributed by atoms with E-state index in [4.69, 9.17) is 0 Å². The van der Waals surface area contributed by atoms with Crippen molar-refractivity contribution in [2.24, 2.45) is 5.41 Å². The summed E-state index contributed by atoms with van der Waals surface area (Å²) in [7, 11) is 3.09. The normalized spacial score (nSPS) is 12.4. The molecule has 2 aromatic carbocycles. The molecule has 18 heavy (non-hydrogen) atoms. The van der Waals surface area contributed by atoms with Gasteiger partial charge in [-0.25, -0.2) is 0 Å². The lowest BCUT2D eigenvalue weighted by Crippen LogP contribution is -2.35. The van der Waals surface area contributed by atoms with Crippen molar-refractivity contribution in [1.82, 2.24) is 0 Å². The third-order valence-corrected chi connectivity index (χ3v) is 5.17. The van der Waals surface area contributed by atoms with Gasteiger partial charge in [0.25, 0.3) is 0 Å². The molecule has 0 spiro atoms. The van der Waals surface area contributed by atoms with E-state index in [0.717, 1.165) is 0 Å². The second kappa shape index (κ2) is 4.86. The lowest BCUT2D eigenvalue weighted by Gasteiger charge is -2.43. The predicted molar refractivity (Wildman–Crippen MR) is 82.8 cm³/mol. The first-order chi connectivity index (χ1) is 8.46. The second-order valence-corrected chi connectivity index (χ2v) is 6.66. The van der Waals surface area contributed by atoms with Crippen LogP contribution in [0.4, 0.5) is 0 Å². The quantitative estimate of drug-likeness (QED) is 0.674. The van der Waals surface area contributed by atoms with E-state index in [2.05, 4.69) is 90.7 Å². The summed E-state index contributed by atoms with van der Waals surface area (Å²) < 4.78 is 0. The Morgan fingerprint density at radius 1 is 0.667 bits per heavy atom. The van der Waals surface area contributed by atoms with Crippen LogP contribution in [0.1, 0.15) is 31.9 Å². The van der Waals surface area contributed by atoms with E-state index in [1.54, 1.807) is 0 Å². The Morgan fingerprint density at radius 3 is 1.28 bits per heavy atom. The molecule has 0 radical (unpaired) electrons. The predicted octanol–water partition coefficient (Wildman–Crippen LogP) is 4.85. The Hall–Kier alpha value is -1.13. The van der Waals surface area contributed by atoms with Gasteiger partial charge in [-0.05, 0) is 16.5 Å². The highest BCUT2D eigenvalue weighted by molar-refractivity contribution is 7.19. The maximum Gasteiger partial charge on any atom is 0.0392 e. The molecule has 2 rings (SSSR count). The van der Waals surface area contributed by atoms with Crippen LogP contribution in [-0.4, -0.2) is 0 Å². The third kappa shape index (κ3) is 2.22. The minimum absolute atomic E-state index is 0.0600. The van der Waals surface area contributed by atoms with E-state index in [-0.39, 0.29) is 10.6 Å². The van der Waals surface area contributed by atoms with Crippen molar-refractivity contribution >= 4 is 9.24 Å². The van der Waals surface area contributed by atoms with E-state index in [9.17, 15) is 0 Å². The second-order valence-electron chi connectivity index (χ2n) is 5.79. The summed E-state index contributed by atoms with van der Waals surface area (Å²) in [5.74, 6) is 0. The summed E-state index contributed by atoms with van der Waals surface area (Å²) >= 11 is 0. The summed E-state index contributed by atoms with van der Waals surface area (Å²) in [5.41, 5.74) is 2.81. The molecule has 0 heterocycles. The summed E-state index contributed by atoms with van der Waals surface area (Å²) in [5, 5.41) is -0.0600. The molecule has 0 bridgehead atoms. The standard InChI is InChI=1S/C17H21P/c1-16(2,3)17(18,14-10-6-4-7-11-14)15-12-8-5-9-13-15/h4-13H,18H2,1-3H3. The van der Waals surface area contributed by atoms with Crippen molar-refractivity contribution in [3.05, 3.63) is 71.8 Å². The van der Waals surface area contributed by atoms with Gasteiger partial charge in [0.1, 0.15) is 0 Å². The van der Waals surface area contributed by atoms with Gasteiger partial charge in [-0.1, -0.05) is 81.4 Å². The van der Waals surface area contributed by atoms with Crippen LogP contribution in [0.15, 0.2) is 60.7 Å². The Kier molecular flexibility index (Phi) is 3.59. The largest absolute Gasteiger partial charge is 0.121 e. The fraction of sp³-hybridized carbons (Fsp3) is 0.294. The topological polar surface area (TPSA) is 0 Å². The molecule has 2 aromatic rings. The van der Waals surface area contributed by atoms with Crippen LogP contribution < -0.4 is 0 Å². The molecule has 1 heteroatoms. The molecule has 0 aliphatic heterocycles. The Balaban J connectivity index is 2.63. The van der Waals surface area contributed by atoms with Crippen LogP contribution in [0.5, 0.6) is 0 Å². The van der Waals surface area contributed by atoms with Crippen molar-refractivity contribution in [1.29, 1.82) is 0 Å². The van der Waals surface area contributed by atoms with Crippen LogP contribution >= 0.6 is 9.24 Å². The molecule has 1 unspecified atom stereocenters. The van der Waals surface area contributed by atoms with Gasteiger partial charge < -0.3 is 0 Å². The van der Waals surface area contributed by atoms with Crippen molar-refractivity contribution in [3.63, 3.8) is 0 Å². The van der Waals surface area contributed by atoms with E-state index in [0.29, 0.717) is 0 Å². The van der Waals surface area contributed by atoms with Crippen LogP contribution in [0, 0.1) is 5.41 Å². The van der Waals surface area contributed by atoms with Gasteiger partial charge in [0.2, 0.25) is 0 Å². The van der Waals surface area contributed by atoms with Crippen LogP contribution in [0.2, 0.25) is 0 Å². The molecule has 0 saturated heterocycles. The molecule has 0 fully saturated rings. The van der Waals surface area contributed by atoms with Gasteiger partial charge in [-0.15, -0.1) is 9.24 Å².